The summed E-state index contributed by atoms with van der Waals surface area (Å²) in [6.07, 6.45) is 5.22. The summed E-state index contributed by atoms with van der Waals surface area (Å²) < 4.78 is 0. The van der Waals surface area contributed by atoms with Gasteiger partial charge in [-0.3, -0.25) is 9.97 Å². The molecule has 2 atom stereocenters. The molecule has 0 unspecified atom stereocenters. The van der Waals surface area contributed by atoms with Crippen molar-refractivity contribution in [3.05, 3.63) is 24.3 Å². The van der Waals surface area contributed by atoms with Gasteiger partial charge in [0.2, 0.25) is 0 Å². The number of rotatable bonds is 1. The Kier molecular flexibility index (Phi) is 1.76. The molecule has 0 radical (unpaired) electrons. The van der Waals surface area contributed by atoms with Crippen LogP contribution < -0.4 is 10.8 Å². The highest BCUT2D eigenvalue weighted by Gasteiger charge is 2.50. The zero-order valence-corrected chi connectivity index (χ0v) is 7.73. The van der Waals surface area contributed by atoms with E-state index in [0.29, 0.717) is 5.92 Å². The van der Waals surface area contributed by atoms with Gasteiger partial charge in [-0.1, -0.05) is 0 Å². The van der Waals surface area contributed by atoms with Crippen LogP contribution in [0.15, 0.2) is 18.6 Å². The van der Waals surface area contributed by atoms with Gasteiger partial charge in [0.05, 0.1) is 18.5 Å². The molecule has 0 amide bonds. The van der Waals surface area contributed by atoms with Crippen molar-refractivity contribution in [2.75, 3.05) is 19.7 Å². The maximum absolute atomic E-state index is 5.31. The Balaban J connectivity index is 2.03. The number of nitrogens with zero attached hydrogens (tertiary/aromatic N) is 2. The largest absolute Gasteiger partial charge is 0.314 e. The van der Waals surface area contributed by atoms with Crippen LogP contribution in [-0.4, -0.2) is 29.7 Å². The number of hydrogen-bond acceptors (Lipinski definition) is 5. The minimum Gasteiger partial charge on any atom is -0.314 e. The summed E-state index contributed by atoms with van der Waals surface area (Å²) in [7, 11) is 0. The first-order valence-electron chi connectivity index (χ1n) is 4.78. The maximum Gasteiger partial charge on any atom is 0.105 e. The summed E-state index contributed by atoms with van der Waals surface area (Å²) in [4.78, 5) is 13.8. The highest BCUT2D eigenvalue weighted by molar-refractivity contribution is 5.19. The van der Waals surface area contributed by atoms with E-state index in [1.54, 1.807) is 12.4 Å². The molecule has 0 aromatic carbocycles. The van der Waals surface area contributed by atoms with E-state index >= 15 is 0 Å². The van der Waals surface area contributed by atoms with Crippen LogP contribution in [0.5, 0.6) is 0 Å². The fourth-order valence-electron chi connectivity index (χ4n) is 2.24. The molecule has 0 spiro atoms. The normalized spacial score (nSPS) is 35.9. The minimum atomic E-state index is -0.158. The number of fused-ring (bicyclic) bond motifs is 1. The monoisotopic (exact) mass is 192 g/mol. The minimum absolute atomic E-state index is 0.158. The molecule has 3 heterocycles. The molecule has 3 rings (SSSR count). The molecule has 74 valence electrons. The summed E-state index contributed by atoms with van der Waals surface area (Å²) in [6.45, 7) is 2.57. The predicted octanol–water partition coefficient (Wildman–Crippen LogP) is -0.574. The summed E-state index contributed by atoms with van der Waals surface area (Å²) in [5.74, 6) is 0.458. The first-order chi connectivity index (χ1) is 6.92. The summed E-state index contributed by atoms with van der Waals surface area (Å²) in [6, 6.07) is 0. The van der Waals surface area contributed by atoms with E-state index in [1.165, 1.54) is 0 Å². The van der Waals surface area contributed by atoms with E-state index in [9.17, 15) is 0 Å². The topological polar surface area (TPSA) is 59.1 Å². The third kappa shape index (κ3) is 1.00. The fraction of sp³-hybridized carbons (Fsp3) is 0.556. The number of hydrogen-bond donors (Lipinski definition) is 2. The molecule has 2 saturated heterocycles. The zero-order valence-electron chi connectivity index (χ0n) is 7.73. The average Bonchev–Trinajstić information content (AvgIpc) is 2.77. The Labute approximate surface area is 81.9 Å². The molecule has 5 nitrogen and oxygen atoms in total. The molecule has 14 heavy (non-hydrogen) atoms. The van der Waals surface area contributed by atoms with Gasteiger partial charge in [0.25, 0.3) is 0 Å². The Hall–Kier alpha value is -1.04. The number of aromatic nitrogens is 2. The first kappa shape index (κ1) is 8.28. The molecule has 1 aromatic heterocycles. The van der Waals surface area contributed by atoms with Gasteiger partial charge in [0, 0.05) is 31.4 Å². The van der Waals surface area contributed by atoms with Crippen molar-refractivity contribution in [3.8, 4) is 0 Å². The van der Waals surface area contributed by atoms with Gasteiger partial charge in [-0.15, -0.1) is 0 Å². The quantitative estimate of drug-likeness (QED) is 0.624. The third-order valence-electron chi connectivity index (χ3n) is 3.05. The molecule has 2 N–H and O–H groups in total. The summed E-state index contributed by atoms with van der Waals surface area (Å²) >= 11 is 0. The van der Waals surface area contributed by atoms with E-state index in [2.05, 4.69) is 20.8 Å². The van der Waals surface area contributed by atoms with Gasteiger partial charge in [0.15, 0.2) is 0 Å². The van der Waals surface area contributed by atoms with Crippen LogP contribution in [0.3, 0.4) is 0 Å². The van der Waals surface area contributed by atoms with Gasteiger partial charge in [-0.2, -0.15) is 5.48 Å². The highest BCUT2D eigenvalue weighted by Crippen LogP contribution is 2.35. The van der Waals surface area contributed by atoms with Crippen molar-refractivity contribution in [3.63, 3.8) is 0 Å². The second kappa shape index (κ2) is 2.98. The molecule has 0 bridgehead atoms. The van der Waals surface area contributed by atoms with Crippen LogP contribution in [0.4, 0.5) is 0 Å². The van der Waals surface area contributed by atoms with Crippen LogP contribution in [0.2, 0.25) is 0 Å². The Morgan fingerprint density at radius 2 is 2.50 bits per heavy atom. The smallest absolute Gasteiger partial charge is 0.105 e. The van der Waals surface area contributed by atoms with Crippen LogP contribution in [0.25, 0.3) is 0 Å². The molecule has 5 heteroatoms. The van der Waals surface area contributed by atoms with Crippen LogP contribution in [0.1, 0.15) is 5.69 Å². The molecular formula is C9H12N4O. The Morgan fingerprint density at radius 3 is 3.36 bits per heavy atom. The van der Waals surface area contributed by atoms with Crippen molar-refractivity contribution in [1.29, 1.82) is 0 Å². The summed E-state index contributed by atoms with van der Waals surface area (Å²) in [5, 5.41) is 3.35. The van der Waals surface area contributed by atoms with E-state index in [4.69, 9.17) is 4.84 Å². The van der Waals surface area contributed by atoms with Crippen molar-refractivity contribution < 1.29 is 4.84 Å². The van der Waals surface area contributed by atoms with Crippen LogP contribution >= 0.6 is 0 Å². The molecule has 1 aromatic rings. The van der Waals surface area contributed by atoms with E-state index in [1.807, 2.05) is 6.20 Å². The number of nitrogens with one attached hydrogen (secondary N) is 2. The molecular weight excluding hydrogens is 180 g/mol. The molecule has 2 aliphatic heterocycles. The Morgan fingerprint density at radius 1 is 1.50 bits per heavy atom. The zero-order chi connectivity index (χ0) is 9.43. The maximum atomic E-state index is 5.31. The Bertz CT molecular complexity index is 319. The van der Waals surface area contributed by atoms with E-state index < -0.39 is 0 Å². The summed E-state index contributed by atoms with van der Waals surface area (Å²) in [5.41, 5.74) is 3.89. The second-order valence-electron chi connectivity index (χ2n) is 3.80. The average molecular weight is 192 g/mol. The molecule has 2 fully saturated rings. The van der Waals surface area contributed by atoms with Crippen molar-refractivity contribution in [2.45, 2.75) is 5.54 Å². The van der Waals surface area contributed by atoms with Gasteiger partial charge in [-0.25, -0.2) is 0 Å². The highest BCUT2D eigenvalue weighted by atomic mass is 16.7. The number of hydroxylamine groups is 1. The SMILES string of the molecule is c1cnc([C@]23CNC[C@H]2CON3)cn1. The van der Waals surface area contributed by atoms with Crippen molar-refractivity contribution in [1.82, 2.24) is 20.8 Å². The predicted molar refractivity (Wildman–Crippen MR) is 49.2 cm³/mol. The van der Waals surface area contributed by atoms with Gasteiger partial charge >= 0.3 is 0 Å². The van der Waals surface area contributed by atoms with Crippen LogP contribution in [0, 0.1) is 5.92 Å². The van der Waals surface area contributed by atoms with E-state index in [0.717, 1.165) is 25.4 Å². The molecule has 0 aliphatic carbocycles. The van der Waals surface area contributed by atoms with Crippen molar-refractivity contribution in [2.24, 2.45) is 5.92 Å². The van der Waals surface area contributed by atoms with Crippen molar-refractivity contribution >= 4 is 0 Å². The fourth-order valence-corrected chi connectivity index (χ4v) is 2.24. The second-order valence-corrected chi connectivity index (χ2v) is 3.80. The van der Waals surface area contributed by atoms with Gasteiger partial charge in [0.1, 0.15) is 5.54 Å². The molecule has 2 aliphatic rings. The van der Waals surface area contributed by atoms with Crippen LogP contribution in [-0.2, 0) is 10.4 Å². The lowest BCUT2D eigenvalue weighted by Gasteiger charge is -2.24. The molecule has 0 saturated carbocycles. The van der Waals surface area contributed by atoms with Gasteiger partial charge in [-0.05, 0) is 0 Å². The lowest BCUT2D eigenvalue weighted by molar-refractivity contribution is 0.0587. The lowest BCUT2D eigenvalue weighted by atomic mass is 9.86. The third-order valence-corrected chi connectivity index (χ3v) is 3.05. The standard InChI is InChI=1S/C9H12N4O/c1-2-12-8(4-10-1)9-6-11-3-7(9)5-14-13-9/h1-2,4,7,11,13H,3,5-6H2/t7-,9-/m0/s1. The lowest BCUT2D eigenvalue weighted by Crippen LogP contribution is -2.43. The van der Waals surface area contributed by atoms with E-state index in [-0.39, 0.29) is 5.54 Å². The first-order valence-corrected chi connectivity index (χ1v) is 4.78. The van der Waals surface area contributed by atoms with Gasteiger partial charge < -0.3 is 10.2 Å².